The molecule has 0 aliphatic rings. The molecule has 0 aliphatic heterocycles. The normalized spacial score (nSPS) is 10.5. The lowest BCUT2D eigenvalue weighted by atomic mass is 10.2. The molecule has 0 unspecified atom stereocenters. The van der Waals surface area contributed by atoms with Crippen LogP contribution < -0.4 is 0 Å². The van der Waals surface area contributed by atoms with Gasteiger partial charge in [-0.05, 0) is 19.1 Å². The summed E-state index contributed by atoms with van der Waals surface area (Å²) in [5.74, 6) is 0. The molecule has 0 aliphatic carbocycles. The van der Waals surface area contributed by atoms with Gasteiger partial charge in [0.15, 0.2) is 0 Å². The van der Waals surface area contributed by atoms with Crippen molar-refractivity contribution in [1.82, 2.24) is 0 Å². The first-order valence-electron chi connectivity index (χ1n) is 3.52. The van der Waals surface area contributed by atoms with Crippen LogP contribution >= 0.6 is 0 Å². The maximum Gasteiger partial charge on any atom is 0.347 e. The van der Waals surface area contributed by atoms with E-state index in [4.69, 9.17) is 6.42 Å². The van der Waals surface area contributed by atoms with Crippen LogP contribution in [0.4, 0.5) is 0 Å². The average Bonchev–Trinajstić information content (AvgIpc) is 2.05. The number of benzene rings is 1. The fourth-order valence-electron chi connectivity index (χ4n) is 0.816. The Bertz CT molecular complexity index is 423. The Labute approximate surface area is 77.5 Å². The molecule has 0 radical (unpaired) electrons. The molecule has 0 heterocycles. The Morgan fingerprint density at radius 2 is 1.85 bits per heavy atom. The molecule has 13 heavy (non-hydrogen) atoms. The van der Waals surface area contributed by atoms with Gasteiger partial charge in [0, 0.05) is 0 Å². The van der Waals surface area contributed by atoms with Gasteiger partial charge in [0.25, 0.3) is 0 Å². The standard InChI is InChI=1S/C9H8O3S/c1-3-12-13(10,11)9-6-4-8(2)5-7-9/h1,4-7H,2H3. The summed E-state index contributed by atoms with van der Waals surface area (Å²) in [5.41, 5.74) is 0.972. The van der Waals surface area contributed by atoms with Gasteiger partial charge in [-0.25, -0.2) is 0 Å². The molecule has 4 heteroatoms. The first-order valence-corrected chi connectivity index (χ1v) is 4.93. The van der Waals surface area contributed by atoms with Crippen LogP contribution in [0, 0.1) is 19.5 Å². The minimum Gasteiger partial charge on any atom is -0.324 e. The largest absolute Gasteiger partial charge is 0.347 e. The zero-order chi connectivity index (χ0) is 9.90. The number of hydrogen-bond donors (Lipinski definition) is 0. The van der Waals surface area contributed by atoms with E-state index < -0.39 is 10.1 Å². The first-order chi connectivity index (χ1) is 6.06. The second-order valence-electron chi connectivity index (χ2n) is 2.47. The second kappa shape index (κ2) is 3.50. The van der Waals surface area contributed by atoms with Gasteiger partial charge in [-0.3, -0.25) is 0 Å². The van der Waals surface area contributed by atoms with Crippen molar-refractivity contribution in [2.45, 2.75) is 11.8 Å². The Morgan fingerprint density at radius 3 is 2.31 bits per heavy atom. The summed E-state index contributed by atoms with van der Waals surface area (Å²) < 4.78 is 26.5. The highest BCUT2D eigenvalue weighted by Gasteiger charge is 2.13. The van der Waals surface area contributed by atoms with E-state index in [0.29, 0.717) is 0 Å². The third-order valence-corrected chi connectivity index (χ3v) is 2.63. The second-order valence-corrected chi connectivity index (χ2v) is 4.01. The van der Waals surface area contributed by atoms with E-state index in [1.165, 1.54) is 12.1 Å². The molecular formula is C9H8O3S. The van der Waals surface area contributed by atoms with Crippen molar-refractivity contribution in [3.8, 4) is 12.5 Å². The lowest BCUT2D eigenvalue weighted by molar-refractivity contribution is 0.466. The summed E-state index contributed by atoms with van der Waals surface area (Å²) in [6.07, 6.45) is 6.36. The van der Waals surface area contributed by atoms with Crippen LogP contribution in [0.3, 0.4) is 0 Å². The van der Waals surface area contributed by atoms with E-state index in [2.05, 4.69) is 4.18 Å². The van der Waals surface area contributed by atoms with Crippen molar-refractivity contribution in [2.75, 3.05) is 0 Å². The van der Waals surface area contributed by atoms with Gasteiger partial charge in [0.1, 0.15) is 11.0 Å². The van der Waals surface area contributed by atoms with Crippen LogP contribution in [0.25, 0.3) is 0 Å². The van der Waals surface area contributed by atoms with Crippen molar-refractivity contribution in [3.63, 3.8) is 0 Å². The van der Waals surface area contributed by atoms with Crippen LogP contribution in [0.5, 0.6) is 0 Å². The van der Waals surface area contributed by atoms with E-state index in [9.17, 15) is 8.42 Å². The molecule has 0 N–H and O–H groups in total. The summed E-state index contributed by atoms with van der Waals surface area (Å²) in [7, 11) is -3.76. The van der Waals surface area contributed by atoms with Crippen molar-refractivity contribution in [3.05, 3.63) is 29.8 Å². The SMILES string of the molecule is C#COS(=O)(=O)c1ccc(C)cc1. The minimum atomic E-state index is -3.76. The van der Waals surface area contributed by atoms with E-state index in [-0.39, 0.29) is 4.90 Å². The predicted octanol–water partition coefficient (Wildman–Crippen LogP) is 1.29. The van der Waals surface area contributed by atoms with Gasteiger partial charge < -0.3 is 4.18 Å². The average molecular weight is 196 g/mol. The topological polar surface area (TPSA) is 43.4 Å². The molecule has 1 aromatic carbocycles. The smallest absolute Gasteiger partial charge is 0.324 e. The fraction of sp³-hybridized carbons (Fsp3) is 0.111. The quantitative estimate of drug-likeness (QED) is 0.529. The molecule has 0 saturated heterocycles. The zero-order valence-corrected chi connectivity index (χ0v) is 7.84. The molecule has 0 fully saturated rings. The molecule has 68 valence electrons. The number of aryl methyl sites for hydroxylation is 1. The molecule has 0 saturated carbocycles. The Morgan fingerprint density at radius 1 is 1.31 bits per heavy atom. The molecule has 1 aromatic rings. The van der Waals surface area contributed by atoms with E-state index in [1.807, 2.05) is 6.92 Å². The van der Waals surface area contributed by atoms with Gasteiger partial charge in [0.2, 0.25) is 0 Å². The molecule has 0 bridgehead atoms. The highest BCUT2D eigenvalue weighted by molar-refractivity contribution is 7.86. The van der Waals surface area contributed by atoms with Gasteiger partial charge in [-0.1, -0.05) is 24.1 Å². The third kappa shape index (κ3) is 2.23. The van der Waals surface area contributed by atoms with Crippen molar-refractivity contribution >= 4 is 10.1 Å². The fourth-order valence-corrected chi connectivity index (χ4v) is 1.51. The molecule has 0 spiro atoms. The van der Waals surface area contributed by atoms with E-state index >= 15 is 0 Å². The summed E-state index contributed by atoms with van der Waals surface area (Å²) >= 11 is 0. The van der Waals surface area contributed by atoms with Gasteiger partial charge in [0.05, 0.1) is 0 Å². The molecule has 3 nitrogen and oxygen atoms in total. The Hall–Kier alpha value is -1.47. The molecule has 0 atom stereocenters. The highest BCUT2D eigenvalue weighted by atomic mass is 32.2. The van der Waals surface area contributed by atoms with E-state index in [0.717, 1.165) is 5.56 Å². The van der Waals surface area contributed by atoms with Gasteiger partial charge >= 0.3 is 10.1 Å². The molecule has 1 rings (SSSR count). The summed E-state index contributed by atoms with van der Waals surface area (Å²) in [6, 6.07) is 6.24. The maximum atomic E-state index is 11.2. The molecule has 0 amide bonds. The van der Waals surface area contributed by atoms with Crippen LogP contribution in [0.2, 0.25) is 0 Å². The van der Waals surface area contributed by atoms with Crippen LogP contribution in [0.15, 0.2) is 29.2 Å². The van der Waals surface area contributed by atoms with Crippen molar-refractivity contribution in [1.29, 1.82) is 0 Å². The highest BCUT2D eigenvalue weighted by Crippen LogP contribution is 2.12. The summed E-state index contributed by atoms with van der Waals surface area (Å²) in [4.78, 5) is 0.0658. The van der Waals surface area contributed by atoms with Crippen molar-refractivity contribution < 1.29 is 12.6 Å². The zero-order valence-electron chi connectivity index (χ0n) is 7.02. The summed E-state index contributed by atoms with van der Waals surface area (Å²) in [6.45, 7) is 1.86. The Kier molecular flexibility index (Phi) is 2.59. The van der Waals surface area contributed by atoms with Crippen LogP contribution in [-0.4, -0.2) is 8.42 Å². The summed E-state index contributed by atoms with van der Waals surface area (Å²) in [5, 5.41) is 0. The maximum absolute atomic E-state index is 11.2. The first kappa shape index (κ1) is 9.62. The number of hydrogen-bond acceptors (Lipinski definition) is 3. The molecular weight excluding hydrogens is 188 g/mol. The lowest BCUT2D eigenvalue weighted by Gasteiger charge is -2.00. The predicted molar refractivity (Wildman–Crippen MR) is 48.3 cm³/mol. The van der Waals surface area contributed by atoms with E-state index in [1.54, 1.807) is 18.2 Å². The van der Waals surface area contributed by atoms with Crippen molar-refractivity contribution in [2.24, 2.45) is 0 Å². The lowest BCUT2D eigenvalue weighted by Crippen LogP contribution is -2.01. The van der Waals surface area contributed by atoms with Crippen LogP contribution in [-0.2, 0) is 14.3 Å². The van der Waals surface area contributed by atoms with Gasteiger partial charge in [-0.15, -0.1) is 0 Å². The van der Waals surface area contributed by atoms with Crippen LogP contribution in [0.1, 0.15) is 5.56 Å². The third-order valence-electron chi connectivity index (χ3n) is 1.47. The minimum absolute atomic E-state index is 0.0658. The molecule has 0 aromatic heterocycles. The monoisotopic (exact) mass is 196 g/mol. The van der Waals surface area contributed by atoms with Gasteiger partial charge in [-0.2, -0.15) is 8.42 Å². The Balaban J connectivity index is 3.11. The number of terminal acetylenes is 1. The number of rotatable bonds is 2.